The topological polar surface area (TPSA) is 32.7 Å². The van der Waals surface area contributed by atoms with Gasteiger partial charge < -0.3 is 9.84 Å². The summed E-state index contributed by atoms with van der Waals surface area (Å²) in [6, 6.07) is 14.1. The summed E-state index contributed by atoms with van der Waals surface area (Å²) in [5, 5.41) is 12.8. The average Bonchev–Trinajstić information content (AvgIpc) is 2.74. The molecular formula is C24H31ClFNO2. The molecule has 29 heavy (non-hydrogen) atoms. The highest BCUT2D eigenvalue weighted by atomic mass is 35.5. The zero-order chi connectivity index (χ0) is 20.7. The van der Waals surface area contributed by atoms with Crippen LogP contribution < -0.4 is 0 Å². The summed E-state index contributed by atoms with van der Waals surface area (Å²) in [4.78, 5) is 2.34. The van der Waals surface area contributed by atoms with Gasteiger partial charge in [-0.1, -0.05) is 62.1 Å². The van der Waals surface area contributed by atoms with Crippen LogP contribution >= 0.6 is 11.6 Å². The van der Waals surface area contributed by atoms with Crippen molar-refractivity contribution in [1.82, 2.24) is 4.90 Å². The first kappa shape index (κ1) is 22.2. The minimum absolute atomic E-state index is 0.153. The van der Waals surface area contributed by atoms with Gasteiger partial charge in [-0.3, -0.25) is 4.90 Å². The summed E-state index contributed by atoms with van der Waals surface area (Å²) >= 11 is 6.13. The van der Waals surface area contributed by atoms with Gasteiger partial charge in [0.25, 0.3) is 0 Å². The fourth-order valence-corrected chi connectivity index (χ4v) is 4.30. The van der Waals surface area contributed by atoms with Crippen molar-refractivity contribution < 1.29 is 14.2 Å². The van der Waals surface area contributed by atoms with E-state index in [1.165, 1.54) is 12.1 Å². The van der Waals surface area contributed by atoms with Gasteiger partial charge in [0.15, 0.2) is 0 Å². The van der Waals surface area contributed by atoms with E-state index in [-0.39, 0.29) is 11.7 Å². The summed E-state index contributed by atoms with van der Waals surface area (Å²) in [5.41, 5.74) is 0.724. The van der Waals surface area contributed by atoms with Crippen LogP contribution in [0.1, 0.15) is 49.7 Å². The average molecular weight is 420 g/mol. The van der Waals surface area contributed by atoms with Crippen LogP contribution in [0.4, 0.5) is 4.39 Å². The summed E-state index contributed by atoms with van der Waals surface area (Å²) < 4.78 is 19.1. The van der Waals surface area contributed by atoms with Crippen molar-refractivity contribution in [3.63, 3.8) is 0 Å². The number of aliphatic hydroxyl groups is 1. The predicted octanol–water partition coefficient (Wildman–Crippen LogP) is 5.36. The molecule has 0 unspecified atom stereocenters. The molecule has 0 saturated carbocycles. The Bertz CT molecular complexity index is 746. The van der Waals surface area contributed by atoms with E-state index in [2.05, 4.69) is 11.8 Å². The number of benzene rings is 2. The van der Waals surface area contributed by atoms with Crippen LogP contribution in [-0.4, -0.2) is 42.9 Å². The minimum atomic E-state index is -1.09. The number of unbranched alkanes of at least 4 members (excludes halogenated alkanes) is 2. The van der Waals surface area contributed by atoms with Gasteiger partial charge in [0.05, 0.1) is 18.8 Å². The number of hydrogen-bond acceptors (Lipinski definition) is 3. The lowest BCUT2D eigenvalue weighted by atomic mass is 9.74. The highest BCUT2D eigenvalue weighted by molar-refractivity contribution is 6.30. The van der Waals surface area contributed by atoms with E-state index in [0.29, 0.717) is 31.2 Å². The van der Waals surface area contributed by atoms with Gasteiger partial charge in [0.2, 0.25) is 0 Å². The molecule has 3 rings (SSSR count). The van der Waals surface area contributed by atoms with E-state index < -0.39 is 5.60 Å². The smallest absolute Gasteiger partial charge is 0.123 e. The molecule has 2 aromatic rings. The van der Waals surface area contributed by atoms with E-state index in [0.717, 1.165) is 43.5 Å². The molecule has 0 radical (unpaired) electrons. The summed E-state index contributed by atoms with van der Waals surface area (Å²) in [5.74, 6) is -0.443. The zero-order valence-corrected chi connectivity index (χ0v) is 17.9. The van der Waals surface area contributed by atoms with Crippen LogP contribution in [0.5, 0.6) is 0 Å². The third-order valence-electron chi connectivity index (χ3n) is 5.90. The van der Waals surface area contributed by atoms with Gasteiger partial charge >= 0.3 is 0 Å². The van der Waals surface area contributed by atoms with Gasteiger partial charge in [0, 0.05) is 30.6 Å². The van der Waals surface area contributed by atoms with E-state index in [4.69, 9.17) is 16.3 Å². The molecule has 2 aromatic carbocycles. The second-order valence-electron chi connectivity index (χ2n) is 7.91. The second-order valence-corrected chi connectivity index (χ2v) is 8.34. The molecule has 0 aromatic heterocycles. The number of morpholine rings is 1. The van der Waals surface area contributed by atoms with E-state index in [1.54, 1.807) is 12.1 Å². The molecule has 158 valence electrons. The van der Waals surface area contributed by atoms with Crippen LogP contribution in [-0.2, 0) is 10.3 Å². The Labute approximate surface area is 178 Å². The van der Waals surface area contributed by atoms with Crippen molar-refractivity contribution in [2.45, 2.75) is 44.1 Å². The lowest BCUT2D eigenvalue weighted by Crippen LogP contribution is -2.45. The predicted molar refractivity (Wildman–Crippen MR) is 116 cm³/mol. The Kier molecular flexibility index (Phi) is 8.07. The summed E-state index contributed by atoms with van der Waals surface area (Å²) in [7, 11) is 0. The molecule has 1 aliphatic rings. The first-order chi connectivity index (χ1) is 14.0. The Morgan fingerprint density at radius 1 is 1.07 bits per heavy atom. The van der Waals surface area contributed by atoms with Crippen LogP contribution in [0.3, 0.4) is 0 Å². The Morgan fingerprint density at radius 3 is 2.34 bits per heavy atom. The van der Waals surface area contributed by atoms with Crippen molar-refractivity contribution in [2.24, 2.45) is 0 Å². The molecule has 1 heterocycles. The van der Waals surface area contributed by atoms with Crippen molar-refractivity contribution >= 4 is 11.6 Å². The molecule has 1 saturated heterocycles. The van der Waals surface area contributed by atoms with Gasteiger partial charge in [-0.05, 0) is 41.8 Å². The molecule has 5 heteroatoms. The zero-order valence-electron chi connectivity index (χ0n) is 17.1. The van der Waals surface area contributed by atoms with Gasteiger partial charge in [-0.25, -0.2) is 4.39 Å². The monoisotopic (exact) mass is 419 g/mol. The molecule has 1 aliphatic heterocycles. The molecule has 0 aliphatic carbocycles. The maximum atomic E-state index is 13.6. The lowest BCUT2D eigenvalue weighted by molar-refractivity contribution is -0.0296. The Hall–Kier alpha value is -1.46. The number of ether oxygens (including phenoxy) is 1. The summed E-state index contributed by atoms with van der Waals surface area (Å²) in [6.45, 7) is 5.97. The van der Waals surface area contributed by atoms with Crippen LogP contribution in [0, 0.1) is 5.82 Å². The lowest BCUT2D eigenvalue weighted by Gasteiger charge is -2.41. The molecular weight excluding hydrogens is 389 g/mol. The summed E-state index contributed by atoms with van der Waals surface area (Å²) in [6.07, 6.45) is 3.67. The molecule has 1 N–H and O–H groups in total. The van der Waals surface area contributed by atoms with Crippen molar-refractivity contribution in [3.8, 4) is 0 Å². The first-order valence-corrected chi connectivity index (χ1v) is 10.9. The van der Waals surface area contributed by atoms with Crippen molar-refractivity contribution in [3.05, 3.63) is 70.5 Å². The van der Waals surface area contributed by atoms with Crippen molar-refractivity contribution in [1.29, 1.82) is 0 Å². The van der Waals surface area contributed by atoms with Crippen LogP contribution in [0.2, 0.25) is 5.02 Å². The largest absolute Gasteiger partial charge is 0.384 e. The highest BCUT2D eigenvalue weighted by Gasteiger charge is 2.40. The van der Waals surface area contributed by atoms with Crippen molar-refractivity contribution in [2.75, 3.05) is 32.8 Å². The number of halogens is 2. The van der Waals surface area contributed by atoms with Gasteiger partial charge in [-0.15, -0.1) is 0 Å². The molecule has 0 amide bonds. The fourth-order valence-electron chi connectivity index (χ4n) is 4.17. The van der Waals surface area contributed by atoms with Gasteiger partial charge in [0.1, 0.15) is 5.82 Å². The molecule has 0 spiro atoms. The highest BCUT2D eigenvalue weighted by Crippen LogP contribution is 2.42. The van der Waals surface area contributed by atoms with E-state index >= 15 is 0 Å². The molecule has 2 atom stereocenters. The maximum absolute atomic E-state index is 13.6. The normalized spacial score (nSPS) is 18.3. The van der Waals surface area contributed by atoms with Crippen LogP contribution in [0.25, 0.3) is 0 Å². The first-order valence-electron chi connectivity index (χ1n) is 10.6. The van der Waals surface area contributed by atoms with E-state index in [9.17, 15) is 9.50 Å². The van der Waals surface area contributed by atoms with E-state index in [1.807, 2.05) is 24.3 Å². The fraction of sp³-hybridized carbons (Fsp3) is 0.500. The second kappa shape index (κ2) is 10.5. The molecule has 1 fully saturated rings. The minimum Gasteiger partial charge on any atom is -0.384 e. The quantitative estimate of drug-likeness (QED) is 0.555. The number of hydrogen-bond donors (Lipinski definition) is 1. The third-order valence-corrected chi connectivity index (χ3v) is 6.15. The molecule has 0 bridgehead atoms. The molecule has 3 nitrogen and oxygen atoms in total. The Morgan fingerprint density at radius 2 is 1.72 bits per heavy atom. The van der Waals surface area contributed by atoms with Gasteiger partial charge in [-0.2, -0.15) is 0 Å². The Balaban J connectivity index is 1.99. The maximum Gasteiger partial charge on any atom is 0.123 e. The SMILES string of the molecule is CCCCC[C@](O)(c1ccc(F)cc1)[C@@H](CN1CCOCC1)c1ccc(Cl)cc1. The van der Waals surface area contributed by atoms with Crippen LogP contribution in [0.15, 0.2) is 48.5 Å². The number of rotatable bonds is 9. The standard InChI is InChI=1S/C24H31ClFNO2/c1-2-3-4-13-24(28,20-7-11-22(26)12-8-20)23(18-27-14-16-29-17-15-27)19-5-9-21(25)10-6-19/h5-12,23,28H,2-4,13-18H2,1H3/t23-,24-/m0/s1. The third kappa shape index (κ3) is 5.79. The number of nitrogens with zero attached hydrogens (tertiary/aromatic N) is 1.